The van der Waals surface area contributed by atoms with Crippen LogP contribution < -0.4 is 10.6 Å². The average Bonchev–Trinajstić information content (AvgIpc) is 3.21. The summed E-state index contributed by atoms with van der Waals surface area (Å²) in [6.07, 6.45) is 7.21. The lowest BCUT2D eigenvalue weighted by molar-refractivity contribution is 0.299. The van der Waals surface area contributed by atoms with Crippen molar-refractivity contribution in [1.82, 2.24) is 24.6 Å². The first-order valence-electron chi connectivity index (χ1n) is 14.4. The molecule has 206 valence electrons. The third kappa shape index (κ3) is 4.28. The van der Waals surface area contributed by atoms with E-state index in [-0.39, 0.29) is 16.9 Å². The van der Waals surface area contributed by atoms with Gasteiger partial charge < -0.3 is 15.5 Å². The fourth-order valence-electron chi connectivity index (χ4n) is 7.06. The maximum Gasteiger partial charge on any atom is 0.150 e. The Labute approximate surface area is 230 Å². The van der Waals surface area contributed by atoms with Gasteiger partial charge in [0.25, 0.3) is 0 Å². The van der Waals surface area contributed by atoms with Crippen LogP contribution in [0.4, 0.5) is 15.9 Å². The van der Waals surface area contributed by atoms with Crippen molar-refractivity contribution < 1.29 is 4.39 Å². The van der Waals surface area contributed by atoms with Gasteiger partial charge in [0, 0.05) is 50.1 Å². The SMILES string of the molecule is C=C(c1cc2n(n1)CCCN(c1nc(CC)nc3c1CCC1(CCCc4c(C)cc(N)c(F)c41)C3)C2)N(C)C. The van der Waals surface area contributed by atoms with Gasteiger partial charge in [-0.2, -0.15) is 5.10 Å². The van der Waals surface area contributed by atoms with Crippen LogP contribution in [-0.4, -0.2) is 45.3 Å². The van der Waals surface area contributed by atoms with Gasteiger partial charge in [0.2, 0.25) is 0 Å². The Morgan fingerprint density at radius 2 is 1.95 bits per heavy atom. The highest BCUT2D eigenvalue weighted by Gasteiger charge is 2.44. The summed E-state index contributed by atoms with van der Waals surface area (Å²) in [6, 6.07) is 3.97. The number of benzene rings is 1. The Hall–Kier alpha value is -3.42. The highest BCUT2D eigenvalue weighted by molar-refractivity contribution is 5.60. The summed E-state index contributed by atoms with van der Waals surface area (Å²) in [4.78, 5) is 14.6. The molecular formula is C31H40FN7. The van der Waals surface area contributed by atoms with E-state index in [1.54, 1.807) is 0 Å². The monoisotopic (exact) mass is 529 g/mol. The summed E-state index contributed by atoms with van der Waals surface area (Å²) in [7, 11) is 4.00. The predicted molar refractivity (Wildman–Crippen MR) is 154 cm³/mol. The number of fused-ring (bicyclic) bond motifs is 4. The lowest BCUT2D eigenvalue weighted by Gasteiger charge is -2.44. The molecule has 0 amide bonds. The Kier molecular flexibility index (Phi) is 6.39. The zero-order valence-corrected chi connectivity index (χ0v) is 23.8. The number of anilines is 2. The van der Waals surface area contributed by atoms with E-state index in [1.165, 1.54) is 11.3 Å². The van der Waals surface area contributed by atoms with E-state index in [2.05, 4.69) is 36.1 Å². The molecule has 2 N–H and O–H groups in total. The summed E-state index contributed by atoms with van der Waals surface area (Å²) in [5, 5.41) is 4.85. The first kappa shape index (κ1) is 25.8. The number of nitrogen functional groups attached to an aromatic ring is 1. The van der Waals surface area contributed by atoms with Crippen molar-refractivity contribution in [1.29, 1.82) is 0 Å². The largest absolute Gasteiger partial charge is 0.396 e. The number of aromatic nitrogens is 4. The molecule has 3 aliphatic rings. The highest BCUT2D eigenvalue weighted by Crippen LogP contribution is 2.50. The molecule has 1 spiro atoms. The standard InChI is InChI=1S/C31H40FN7/c1-6-27-34-26-17-31(11-7-9-22-19(2)15-24(33)29(32)28(22)31)12-10-23(26)30(35-27)38-13-8-14-39-21(18-38)16-25(36-39)20(3)37(4)5/h15-16H,3,6-14,17-18,33H2,1-2,4-5H3. The van der Waals surface area contributed by atoms with Crippen molar-refractivity contribution in [2.24, 2.45) is 0 Å². The van der Waals surface area contributed by atoms with Gasteiger partial charge in [-0.25, -0.2) is 14.4 Å². The van der Waals surface area contributed by atoms with Gasteiger partial charge in [-0.3, -0.25) is 4.68 Å². The van der Waals surface area contributed by atoms with Crippen LogP contribution in [0.25, 0.3) is 5.70 Å². The Morgan fingerprint density at radius 3 is 2.72 bits per heavy atom. The van der Waals surface area contributed by atoms with Gasteiger partial charge in [0.05, 0.1) is 29.3 Å². The summed E-state index contributed by atoms with van der Waals surface area (Å²) in [6.45, 7) is 10.9. The lowest BCUT2D eigenvalue weighted by Crippen LogP contribution is -2.40. The van der Waals surface area contributed by atoms with Crippen molar-refractivity contribution in [3.8, 4) is 0 Å². The van der Waals surface area contributed by atoms with Gasteiger partial charge in [0.15, 0.2) is 0 Å². The van der Waals surface area contributed by atoms with E-state index in [0.29, 0.717) is 0 Å². The van der Waals surface area contributed by atoms with Crippen LogP contribution in [0.1, 0.15) is 77.8 Å². The number of nitrogens with two attached hydrogens (primary N) is 1. The zero-order chi connectivity index (χ0) is 27.5. The second kappa shape index (κ2) is 9.65. The third-order valence-corrected chi connectivity index (χ3v) is 9.18. The van der Waals surface area contributed by atoms with Crippen molar-refractivity contribution >= 4 is 17.2 Å². The fraction of sp³-hybridized carbons (Fsp3) is 0.516. The second-order valence-electron chi connectivity index (χ2n) is 11.9. The molecule has 0 saturated heterocycles. The lowest BCUT2D eigenvalue weighted by atomic mass is 9.61. The maximum absolute atomic E-state index is 15.7. The molecular weight excluding hydrogens is 489 g/mol. The summed E-state index contributed by atoms with van der Waals surface area (Å²) < 4.78 is 17.8. The molecule has 0 fully saturated rings. The second-order valence-corrected chi connectivity index (χ2v) is 11.9. The van der Waals surface area contributed by atoms with Crippen molar-refractivity contribution in [2.75, 3.05) is 31.3 Å². The summed E-state index contributed by atoms with van der Waals surface area (Å²) in [5.41, 5.74) is 14.7. The molecule has 3 aromatic rings. The fourth-order valence-corrected chi connectivity index (χ4v) is 7.06. The molecule has 0 bridgehead atoms. The number of aryl methyl sites for hydroxylation is 3. The first-order chi connectivity index (χ1) is 18.7. The van der Waals surface area contributed by atoms with Gasteiger partial charge in [-0.1, -0.05) is 13.5 Å². The Balaban J connectivity index is 1.39. The smallest absolute Gasteiger partial charge is 0.150 e. The topological polar surface area (TPSA) is 76.1 Å². The van der Waals surface area contributed by atoms with Gasteiger partial charge >= 0.3 is 0 Å². The number of halogens is 1. The van der Waals surface area contributed by atoms with E-state index in [9.17, 15) is 0 Å². The number of nitrogens with zero attached hydrogens (tertiary/aromatic N) is 6. The molecule has 8 heteroatoms. The highest BCUT2D eigenvalue weighted by atomic mass is 19.1. The van der Waals surface area contributed by atoms with Gasteiger partial charge in [-0.15, -0.1) is 0 Å². The number of rotatable bonds is 4. The van der Waals surface area contributed by atoms with Crippen LogP contribution in [0.2, 0.25) is 0 Å². The molecule has 39 heavy (non-hydrogen) atoms. The predicted octanol–water partition coefficient (Wildman–Crippen LogP) is 4.97. The normalized spacial score (nSPS) is 20.3. The molecule has 2 aromatic heterocycles. The molecule has 1 aromatic carbocycles. The molecule has 0 radical (unpaired) electrons. The molecule has 3 heterocycles. The first-order valence-corrected chi connectivity index (χ1v) is 14.4. The Bertz CT molecular complexity index is 1460. The molecule has 6 rings (SSSR count). The quantitative estimate of drug-likeness (QED) is 0.481. The van der Waals surface area contributed by atoms with Gasteiger partial charge in [0.1, 0.15) is 23.2 Å². The van der Waals surface area contributed by atoms with E-state index < -0.39 is 0 Å². The van der Waals surface area contributed by atoms with Crippen molar-refractivity contribution in [3.63, 3.8) is 0 Å². The van der Waals surface area contributed by atoms with E-state index in [4.69, 9.17) is 20.8 Å². The van der Waals surface area contributed by atoms with E-state index in [1.807, 2.05) is 25.1 Å². The molecule has 0 saturated carbocycles. The molecule has 1 aliphatic heterocycles. The van der Waals surface area contributed by atoms with E-state index in [0.717, 1.165) is 116 Å². The minimum Gasteiger partial charge on any atom is -0.396 e. The molecule has 1 unspecified atom stereocenters. The number of hydrogen-bond acceptors (Lipinski definition) is 6. The van der Waals surface area contributed by atoms with Crippen LogP contribution in [0, 0.1) is 12.7 Å². The van der Waals surface area contributed by atoms with Crippen LogP contribution in [0.5, 0.6) is 0 Å². The van der Waals surface area contributed by atoms with Crippen LogP contribution in [-0.2, 0) is 44.2 Å². The molecule has 1 atom stereocenters. The van der Waals surface area contributed by atoms with Crippen LogP contribution >= 0.6 is 0 Å². The minimum atomic E-state index is -0.250. The van der Waals surface area contributed by atoms with Crippen LogP contribution in [0.15, 0.2) is 18.7 Å². The minimum absolute atomic E-state index is 0.209. The summed E-state index contributed by atoms with van der Waals surface area (Å²) in [5.74, 6) is 1.70. The van der Waals surface area contributed by atoms with E-state index >= 15 is 4.39 Å². The third-order valence-electron chi connectivity index (χ3n) is 9.18. The summed E-state index contributed by atoms with van der Waals surface area (Å²) >= 11 is 0. The van der Waals surface area contributed by atoms with Crippen molar-refractivity contribution in [3.05, 3.63) is 69.7 Å². The van der Waals surface area contributed by atoms with Crippen LogP contribution in [0.3, 0.4) is 0 Å². The average molecular weight is 530 g/mol. The maximum atomic E-state index is 15.7. The number of hydrogen-bond donors (Lipinski definition) is 1. The van der Waals surface area contributed by atoms with Gasteiger partial charge in [-0.05, 0) is 75.1 Å². The van der Waals surface area contributed by atoms with Crippen molar-refractivity contribution in [2.45, 2.75) is 83.7 Å². The zero-order valence-electron chi connectivity index (χ0n) is 23.8. The molecule has 2 aliphatic carbocycles. The molecule has 7 nitrogen and oxygen atoms in total. The Morgan fingerprint density at radius 1 is 1.13 bits per heavy atom.